The largest absolute Gasteiger partial charge is 0.573 e. The first-order chi connectivity index (χ1) is 17.9. The third-order valence-corrected chi connectivity index (χ3v) is 5.54. The molecule has 1 aliphatic rings. The molecule has 3 N–H and O–H groups in total. The van der Waals surface area contributed by atoms with E-state index in [0.717, 1.165) is 37.3 Å². The van der Waals surface area contributed by atoms with Crippen molar-refractivity contribution in [2.24, 2.45) is 0 Å². The zero-order valence-corrected chi connectivity index (χ0v) is 19.4. The molecule has 0 fully saturated rings. The Morgan fingerprint density at radius 2 is 1.92 bits per heavy atom. The Labute approximate surface area is 211 Å². The Bertz CT molecular complexity index is 1430. The summed E-state index contributed by atoms with van der Waals surface area (Å²) in [5.74, 6) is -5.45. The molecule has 0 unspecified atom stereocenters. The first-order valence-electron chi connectivity index (χ1n) is 10.9. The maximum absolute atomic E-state index is 14.7. The number of carboxylic acid groups (broad SMARTS) is 1. The molecule has 0 saturated carbocycles. The van der Waals surface area contributed by atoms with Crippen molar-refractivity contribution >= 4 is 23.6 Å². The van der Waals surface area contributed by atoms with Crippen LogP contribution in [-0.2, 0) is 10.3 Å². The number of ether oxygens (including phenoxy) is 2. The van der Waals surface area contributed by atoms with Gasteiger partial charge in [-0.2, -0.15) is 0 Å². The molecule has 2 aromatic heterocycles. The minimum atomic E-state index is -5.12. The van der Waals surface area contributed by atoms with Gasteiger partial charge < -0.3 is 25.2 Å². The van der Waals surface area contributed by atoms with Crippen LogP contribution >= 0.6 is 0 Å². The Kier molecular flexibility index (Phi) is 6.89. The predicted molar refractivity (Wildman–Crippen MR) is 121 cm³/mol. The van der Waals surface area contributed by atoms with E-state index in [1.807, 2.05) is 0 Å². The van der Waals surface area contributed by atoms with Crippen molar-refractivity contribution in [1.82, 2.24) is 15.3 Å². The quantitative estimate of drug-likeness (QED) is 0.408. The molecule has 0 bridgehead atoms. The molecule has 4 rings (SSSR count). The van der Waals surface area contributed by atoms with Crippen molar-refractivity contribution in [3.05, 3.63) is 77.0 Å². The smallest absolute Gasteiger partial charge is 0.491 e. The van der Waals surface area contributed by atoms with Gasteiger partial charge in [0.1, 0.15) is 34.1 Å². The standard InChI is InChI=1S/C24H18F4N4O6/c1-12(33)30-20-14(22(35)36)5-6-16(31-20)21(34)32-23(8-10-37-18-3-2-9-29-19(18)23)13-4-7-17(15(25)11-13)38-24(26,27)28/h2-7,9,11H,8,10H2,1H3,(H,32,34)(H,35,36)(H,30,31,33)/t23-/m0/s1. The number of hydrogen-bond donors (Lipinski definition) is 3. The van der Waals surface area contributed by atoms with Crippen LogP contribution < -0.4 is 20.1 Å². The fourth-order valence-corrected chi connectivity index (χ4v) is 3.99. The van der Waals surface area contributed by atoms with Gasteiger partial charge in [-0.3, -0.25) is 14.6 Å². The maximum Gasteiger partial charge on any atom is 0.573 e. The highest BCUT2D eigenvalue weighted by molar-refractivity contribution is 6.01. The molecule has 3 heterocycles. The molecule has 3 aromatic rings. The number of aromatic nitrogens is 2. The van der Waals surface area contributed by atoms with E-state index < -0.39 is 41.3 Å². The summed E-state index contributed by atoms with van der Waals surface area (Å²) in [5.41, 5.74) is -2.09. The zero-order chi connectivity index (χ0) is 27.7. The lowest BCUT2D eigenvalue weighted by atomic mass is 9.81. The highest BCUT2D eigenvalue weighted by atomic mass is 19.4. The average molecular weight is 534 g/mol. The monoisotopic (exact) mass is 534 g/mol. The Morgan fingerprint density at radius 3 is 2.58 bits per heavy atom. The molecule has 10 nitrogen and oxygen atoms in total. The predicted octanol–water partition coefficient (Wildman–Crippen LogP) is 3.63. The van der Waals surface area contributed by atoms with Crippen LogP contribution in [0.15, 0.2) is 48.7 Å². The van der Waals surface area contributed by atoms with Crippen LogP contribution in [0.3, 0.4) is 0 Å². The number of alkyl halides is 3. The number of benzene rings is 1. The summed E-state index contributed by atoms with van der Waals surface area (Å²) in [6.45, 7) is 1.14. The second-order valence-electron chi connectivity index (χ2n) is 8.08. The number of carbonyl (C=O) groups is 3. The molecule has 14 heteroatoms. The highest BCUT2D eigenvalue weighted by Gasteiger charge is 2.43. The number of anilines is 1. The lowest BCUT2D eigenvalue weighted by Gasteiger charge is -2.39. The third kappa shape index (κ3) is 5.33. The number of carbonyl (C=O) groups excluding carboxylic acids is 2. The van der Waals surface area contributed by atoms with E-state index in [1.165, 1.54) is 6.20 Å². The van der Waals surface area contributed by atoms with Crippen molar-refractivity contribution in [1.29, 1.82) is 0 Å². The second-order valence-corrected chi connectivity index (χ2v) is 8.08. The summed E-state index contributed by atoms with van der Waals surface area (Å²) >= 11 is 0. The third-order valence-electron chi connectivity index (χ3n) is 5.54. The molecule has 1 aromatic carbocycles. The van der Waals surface area contributed by atoms with E-state index in [2.05, 4.69) is 25.3 Å². The number of pyridine rings is 2. The van der Waals surface area contributed by atoms with E-state index in [-0.39, 0.29) is 47.1 Å². The minimum Gasteiger partial charge on any atom is -0.491 e. The van der Waals surface area contributed by atoms with Crippen LogP contribution in [-0.4, -0.2) is 45.8 Å². The molecule has 38 heavy (non-hydrogen) atoms. The maximum atomic E-state index is 14.7. The molecule has 0 aliphatic carbocycles. The SMILES string of the molecule is CC(=O)Nc1nc(C(=O)N[C@]2(c3ccc(OC(F)(F)F)c(F)c3)CCOc3cccnc32)ccc1C(=O)O. The molecule has 2 amide bonds. The van der Waals surface area contributed by atoms with E-state index in [1.54, 1.807) is 12.1 Å². The van der Waals surface area contributed by atoms with E-state index in [9.17, 15) is 37.1 Å². The summed E-state index contributed by atoms with van der Waals surface area (Å²) < 4.78 is 62.0. The van der Waals surface area contributed by atoms with Gasteiger partial charge in [-0.25, -0.2) is 14.2 Å². The Balaban J connectivity index is 1.80. The number of aromatic carboxylic acids is 1. The normalized spacial score (nSPS) is 16.6. The lowest BCUT2D eigenvalue weighted by molar-refractivity contribution is -0.275. The number of rotatable bonds is 6. The van der Waals surface area contributed by atoms with Crippen molar-refractivity contribution in [2.45, 2.75) is 25.2 Å². The first kappa shape index (κ1) is 26.3. The molecular formula is C24H18F4N4O6. The molecule has 1 atom stereocenters. The van der Waals surface area contributed by atoms with Gasteiger partial charge in [0.15, 0.2) is 11.6 Å². The van der Waals surface area contributed by atoms with Gasteiger partial charge in [0.2, 0.25) is 5.91 Å². The number of halogens is 4. The van der Waals surface area contributed by atoms with Gasteiger partial charge in [0.25, 0.3) is 5.91 Å². The van der Waals surface area contributed by atoms with Crippen molar-refractivity contribution in [3.63, 3.8) is 0 Å². The fourth-order valence-electron chi connectivity index (χ4n) is 3.99. The van der Waals surface area contributed by atoms with Crippen LogP contribution in [0.2, 0.25) is 0 Å². The number of carboxylic acids is 1. The molecule has 0 radical (unpaired) electrons. The van der Waals surface area contributed by atoms with E-state index in [0.29, 0.717) is 0 Å². The molecule has 198 valence electrons. The second kappa shape index (κ2) is 9.95. The topological polar surface area (TPSA) is 140 Å². The number of fused-ring (bicyclic) bond motifs is 1. The zero-order valence-electron chi connectivity index (χ0n) is 19.4. The summed E-state index contributed by atoms with van der Waals surface area (Å²) in [6.07, 6.45) is -3.74. The lowest BCUT2D eigenvalue weighted by Crippen LogP contribution is -2.50. The Morgan fingerprint density at radius 1 is 1.16 bits per heavy atom. The number of hydrogen-bond acceptors (Lipinski definition) is 7. The van der Waals surface area contributed by atoms with Crippen molar-refractivity contribution in [3.8, 4) is 11.5 Å². The van der Waals surface area contributed by atoms with Crippen LogP contribution in [0.4, 0.5) is 23.4 Å². The summed E-state index contributed by atoms with van der Waals surface area (Å²) in [5, 5.41) is 14.3. The Hall–Kier alpha value is -4.75. The number of nitrogens with zero attached hydrogens (tertiary/aromatic N) is 2. The summed E-state index contributed by atoms with van der Waals surface area (Å²) in [6, 6.07) is 8.00. The molecular weight excluding hydrogens is 516 g/mol. The van der Waals surface area contributed by atoms with Crippen LogP contribution in [0, 0.1) is 5.82 Å². The van der Waals surface area contributed by atoms with E-state index in [4.69, 9.17) is 4.74 Å². The number of nitrogens with one attached hydrogen (secondary N) is 2. The first-order valence-corrected chi connectivity index (χ1v) is 10.9. The number of amides is 2. The fraction of sp³-hybridized carbons (Fsp3) is 0.208. The highest BCUT2D eigenvalue weighted by Crippen LogP contribution is 2.42. The van der Waals surface area contributed by atoms with Gasteiger partial charge in [-0.1, -0.05) is 6.07 Å². The van der Waals surface area contributed by atoms with Crippen molar-refractivity contribution in [2.75, 3.05) is 11.9 Å². The molecule has 1 aliphatic heterocycles. The van der Waals surface area contributed by atoms with E-state index >= 15 is 0 Å². The van der Waals surface area contributed by atoms with Crippen LogP contribution in [0.1, 0.15) is 45.4 Å². The average Bonchev–Trinajstić information content (AvgIpc) is 2.84. The van der Waals surface area contributed by atoms with Gasteiger partial charge in [0.05, 0.1) is 6.61 Å². The summed E-state index contributed by atoms with van der Waals surface area (Å²) in [7, 11) is 0. The molecule has 0 spiro atoms. The van der Waals surface area contributed by atoms with Gasteiger partial charge in [-0.05, 0) is 42.0 Å². The van der Waals surface area contributed by atoms with Crippen molar-refractivity contribution < 1.29 is 46.5 Å². The van der Waals surface area contributed by atoms with Gasteiger partial charge >= 0.3 is 12.3 Å². The van der Waals surface area contributed by atoms with Crippen LogP contribution in [0.25, 0.3) is 0 Å². The van der Waals surface area contributed by atoms with Gasteiger partial charge in [-0.15, -0.1) is 13.2 Å². The minimum absolute atomic E-state index is 0.00652. The van der Waals surface area contributed by atoms with Gasteiger partial charge in [0, 0.05) is 19.5 Å². The summed E-state index contributed by atoms with van der Waals surface area (Å²) in [4.78, 5) is 44.6. The molecule has 0 saturated heterocycles. The van der Waals surface area contributed by atoms with Crippen LogP contribution in [0.5, 0.6) is 11.5 Å².